The SMILES string of the molecule is O=C(Nc1ncnc2c1ncn2C1OC(COC(=O)c2ccc(F)cc2)C(OC(=O)c2ccc(F)cc2)C1OC(=O)c1ccc(F)cc1)c1ccccc1. The van der Waals surface area contributed by atoms with Crippen molar-refractivity contribution in [3.8, 4) is 0 Å². The predicted molar refractivity (Wildman–Crippen MR) is 182 cm³/mol. The number of nitrogens with zero attached hydrogens (tertiary/aromatic N) is 4. The van der Waals surface area contributed by atoms with Crippen molar-refractivity contribution in [2.75, 3.05) is 11.9 Å². The summed E-state index contributed by atoms with van der Waals surface area (Å²) in [6.45, 7) is -0.571. The van der Waals surface area contributed by atoms with E-state index < -0.39 is 72.4 Å². The molecule has 1 saturated heterocycles. The van der Waals surface area contributed by atoms with Gasteiger partial charge in [-0.1, -0.05) is 18.2 Å². The quantitative estimate of drug-likeness (QED) is 0.136. The van der Waals surface area contributed by atoms with Gasteiger partial charge < -0.3 is 24.3 Å². The first-order valence-electron chi connectivity index (χ1n) is 16.2. The molecule has 6 aromatic rings. The summed E-state index contributed by atoms with van der Waals surface area (Å²) in [6, 6.07) is 21.8. The van der Waals surface area contributed by atoms with Crippen LogP contribution in [0.25, 0.3) is 11.2 Å². The number of nitrogens with one attached hydrogen (secondary N) is 1. The molecule has 1 amide bonds. The van der Waals surface area contributed by atoms with Crippen LogP contribution in [0.15, 0.2) is 116 Å². The number of hydrogen-bond acceptors (Lipinski definition) is 11. The lowest BCUT2D eigenvalue weighted by molar-refractivity contribution is -0.0606. The monoisotopic (exact) mass is 737 g/mol. The highest BCUT2D eigenvalue weighted by molar-refractivity contribution is 6.06. The molecule has 0 radical (unpaired) electrons. The second-order valence-corrected chi connectivity index (χ2v) is 11.8. The number of halogens is 3. The Morgan fingerprint density at radius 2 is 1.19 bits per heavy atom. The Balaban J connectivity index is 1.25. The number of carbonyl (C=O) groups excluding carboxylic acids is 4. The van der Waals surface area contributed by atoms with Crippen molar-refractivity contribution in [2.45, 2.75) is 24.5 Å². The maximum atomic E-state index is 13.7. The Kier molecular flexibility index (Phi) is 10.1. The molecule has 13 nitrogen and oxygen atoms in total. The lowest BCUT2D eigenvalue weighted by Crippen LogP contribution is -2.41. The van der Waals surface area contributed by atoms with Crippen LogP contribution in [0.5, 0.6) is 0 Å². The van der Waals surface area contributed by atoms with Crippen molar-refractivity contribution in [2.24, 2.45) is 0 Å². The number of benzene rings is 4. The minimum atomic E-state index is -1.52. The molecule has 3 heterocycles. The van der Waals surface area contributed by atoms with Gasteiger partial charge in [-0.3, -0.25) is 9.36 Å². The van der Waals surface area contributed by atoms with Crippen LogP contribution < -0.4 is 5.32 Å². The lowest BCUT2D eigenvalue weighted by atomic mass is 10.1. The molecular formula is C38H26F3N5O8. The van der Waals surface area contributed by atoms with Gasteiger partial charge in [0.2, 0.25) is 0 Å². The number of carbonyl (C=O) groups is 4. The fraction of sp³-hybridized carbons (Fsp3) is 0.132. The van der Waals surface area contributed by atoms with E-state index in [-0.39, 0.29) is 33.7 Å². The standard InChI is InChI=1S/C38H26F3N5O8/c39-25-12-6-22(7-13-25)36(48)51-18-28-30(53-37(49)23-8-14-26(40)15-9-23)31(54-38(50)24-10-16-27(41)17-11-24)35(52-28)46-20-44-29-32(42-19-43-33(29)46)45-34(47)21-4-2-1-3-5-21/h1-17,19-20,28,30-31,35H,18H2,(H,42,43,45,47). The van der Waals surface area contributed by atoms with Gasteiger partial charge in [-0.15, -0.1) is 0 Å². The van der Waals surface area contributed by atoms with E-state index in [2.05, 4.69) is 20.3 Å². The number of imidazole rings is 1. The van der Waals surface area contributed by atoms with E-state index in [1.165, 1.54) is 47.3 Å². The Hall–Kier alpha value is -6.94. The third kappa shape index (κ3) is 7.63. The second kappa shape index (κ2) is 15.3. The molecule has 272 valence electrons. The lowest BCUT2D eigenvalue weighted by Gasteiger charge is -2.25. The second-order valence-electron chi connectivity index (χ2n) is 11.8. The summed E-state index contributed by atoms with van der Waals surface area (Å²) in [6.07, 6.45) is -3.31. The van der Waals surface area contributed by atoms with Crippen molar-refractivity contribution >= 4 is 40.8 Å². The van der Waals surface area contributed by atoms with E-state index in [1.807, 2.05) is 0 Å². The molecule has 7 rings (SSSR count). The van der Waals surface area contributed by atoms with Crippen molar-refractivity contribution in [3.05, 3.63) is 155 Å². The van der Waals surface area contributed by atoms with E-state index >= 15 is 0 Å². The molecule has 1 aliphatic rings. The molecule has 4 unspecified atom stereocenters. The molecule has 1 N–H and O–H groups in total. The van der Waals surface area contributed by atoms with Crippen LogP contribution in [0.3, 0.4) is 0 Å². The first-order chi connectivity index (χ1) is 26.1. The number of amides is 1. The molecule has 0 bridgehead atoms. The Morgan fingerprint density at radius 1 is 0.648 bits per heavy atom. The average molecular weight is 738 g/mol. The van der Waals surface area contributed by atoms with Gasteiger partial charge in [-0.2, -0.15) is 0 Å². The highest BCUT2D eigenvalue weighted by Gasteiger charge is 2.52. The number of fused-ring (bicyclic) bond motifs is 1. The van der Waals surface area contributed by atoms with Crippen LogP contribution in [0.1, 0.15) is 47.7 Å². The molecule has 1 fully saturated rings. The molecule has 54 heavy (non-hydrogen) atoms. The van der Waals surface area contributed by atoms with Gasteiger partial charge in [-0.05, 0) is 84.9 Å². The van der Waals surface area contributed by atoms with Gasteiger partial charge in [0, 0.05) is 5.56 Å². The minimum absolute atomic E-state index is 0.00692. The summed E-state index contributed by atoms with van der Waals surface area (Å²) >= 11 is 0. The summed E-state index contributed by atoms with van der Waals surface area (Å²) in [5.41, 5.74) is 0.430. The zero-order chi connectivity index (χ0) is 37.8. The van der Waals surface area contributed by atoms with Gasteiger partial charge in [0.25, 0.3) is 5.91 Å². The minimum Gasteiger partial charge on any atom is -0.459 e. The van der Waals surface area contributed by atoms with Crippen LogP contribution in [-0.4, -0.2) is 68.3 Å². The van der Waals surface area contributed by atoms with E-state index in [1.54, 1.807) is 30.3 Å². The van der Waals surface area contributed by atoms with Gasteiger partial charge in [-0.25, -0.2) is 42.5 Å². The molecule has 0 aliphatic carbocycles. The predicted octanol–water partition coefficient (Wildman–Crippen LogP) is 5.70. The number of anilines is 1. The Labute approximate surface area is 303 Å². The van der Waals surface area contributed by atoms with Crippen molar-refractivity contribution in [1.82, 2.24) is 19.5 Å². The van der Waals surface area contributed by atoms with Crippen LogP contribution in [0.2, 0.25) is 0 Å². The first kappa shape index (κ1) is 35.5. The van der Waals surface area contributed by atoms with E-state index in [0.717, 1.165) is 42.7 Å². The highest BCUT2D eigenvalue weighted by atomic mass is 19.1. The molecule has 2 aromatic heterocycles. The van der Waals surface area contributed by atoms with E-state index in [9.17, 15) is 32.3 Å². The smallest absolute Gasteiger partial charge is 0.338 e. The molecule has 4 aromatic carbocycles. The zero-order valence-electron chi connectivity index (χ0n) is 27.7. The van der Waals surface area contributed by atoms with Crippen LogP contribution in [0, 0.1) is 17.5 Å². The summed E-state index contributed by atoms with van der Waals surface area (Å²) in [7, 11) is 0. The van der Waals surface area contributed by atoms with Crippen LogP contribution >= 0.6 is 0 Å². The van der Waals surface area contributed by atoms with E-state index in [4.69, 9.17) is 18.9 Å². The number of ether oxygens (including phenoxy) is 4. The number of aromatic nitrogens is 4. The fourth-order valence-electron chi connectivity index (χ4n) is 5.62. The summed E-state index contributed by atoms with van der Waals surface area (Å²) in [5, 5.41) is 2.69. The largest absolute Gasteiger partial charge is 0.459 e. The molecular weight excluding hydrogens is 711 g/mol. The zero-order valence-corrected chi connectivity index (χ0v) is 27.7. The fourth-order valence-corrected chi connectivity index (χ4v) is 5.62. The van der Waals surface area contributed by atoms with Gasteiger partial charge >= 0.3 is 17.9 Å². The van der Waals surface area contributed by atoms with Crippen LogP contribution in [0.4, 0.5) is 19.0 Å². The van der Waals surface area contributed by atoms with Crippen molar-refractivity contribution < 1.29 is 51.3 Å². The van der Waals surface area contributed by atoms with E-state index in [0.29, 0.717) is 5.56 Å². The molecule has 0 saturated carbocycles. The maximum Gasteiger partial charge on any atom is 0.338 e. The summed E-state index contributed by atoms with van der Waals surface area (Å²) in [4.78, 5) is 65.8. The molecule has 16 heteroatoms. The first-order valence-corrected chi connectivity index (χ1v) is 16.2. The molecule has 0 spiro atoms. The topological polar surface area (TPSA) is 161 Å². The number of hydrogen-bond donors (Lipinski definition) is 1. The average Bonchev–Trinajstić information content (AvgIpc) is 3.76. The van der Waals surface area contributed by atoms with Gasteiger partial charge in [0.05, 0.1) is 23.0 Å². The van der Waals surface area contributed by atoms with Crippen molar-refractivity contribution in [1.29, 1.82) is 0 Å². The highest BCUT2D eigenvalue weighted by Crippen LogP contribution is 2.37. The molecule has 4 atom stereocenters. The van der Waals surface area contributed by atoms with Gasteiger partial charge in [0.15, 0.2) is 35.4 Å². The Bertz CT molecular complexity index is 2320. The Morgan fingerprint density at radius 3 is 1.76 bits per heavy atom. The normalized spacial score (nSPS) is 17.8. The summed E-state index contributed by atoms with van der Waals surface area (Å²) < 4.78 is 65.9. The van der Waals surface area contributed by atoms with Crippen molar-refractivity contribution in [3.63, 3.8) is 0 Å². The maximum absolute atomic E-state index is 13.7. The van der Waals surface area contributed by atoms with Gasteiger partial charge in [0.1, 0.15) is 36.5 Å². The number of rotatable bonds is 10. The summed E-state index contributed by atoms with van der Waals surface area (Å²) in [5.74, 6) is -5.04. The molecule has 1 aliphatic heterocycles. The third-order valence-corrected chi connectivity index (χ3v) is 8.29. The third-order valence-electron chi connectivity index (χ3n) is 8.29. The number of esters is 3. The van der Waals surface area contributed by atoms with Crippen LogP contribution in [-0.2, 0) is 18.9 Å².